The van der Waals surface area contributed by atoms with Gasteiger partial charge in [-0.3, -0.25) is 4.79 Å². The summed E-state index contributed by atoms with van der Waals surface area (Å²) in [5, 5.41) is 0. The summed E-state index contributed by atoms with van der Waals surface area (Å²) in [6, 6.07) is 0. The summed E-state index contributed by atoms with van der Waals surface area (Å²) in [4.78, 5) is 10.5. The van der Waals surface area contributed by atoms with Gasteiger partial charge in [0.15, 0.2) is 6.29 Å². The zero-order valence-corrected chi connectivity index (χ0v) is 8.29. The van der Waals surface area contributed by atoms with Gasteiger partial charge in [-0.25, -0.2) is 0 Å². The van der Waals surface area contributed by atoms with Gasteiger partial charge in [0.05, 0.1) is 6.61 Å². The normalized spacial score (nSPS) is 15.3. The van der Waals surface area contributed by atoms with Gasteiger partial charge in [-0.1, -0.05) is 20.3 Å². The summed E-state index contributed by atoms with van der Waals surface area (Å²) < 4.78 is 10.0. The van der Waals surface area contributed by atoms with Crippen LogP contribution in [-0.2, 0) is 14.3 Å². The first-order valence-electron chi connectivity index (χ1n) is 4.35. The van der Waals surface area contributed by atoms with Gasteiger partial charge < -0.3 is 9.47 Å². The first-order valence-corrected chi connectivity index (χ1v) is 4.35. The van der Waals surface area contributed by atoms with Crippen molar-refractivity contribution in [1.82, 2.24) is 0 Å². The molecule has 0 rings (SSSR count). The fourth-order valence-electron chi connectivity index (χ4n) is 0.685. The third kappa shape index (κ3) is 6.16. The summed E-state index contributed by atoms with van der Waals surface area (Å²) in [6.45, 7) is 7.95. The molecule has 2 unspecified atom stereocenters. The van der Waals surface area contributed by atoms with Crippen LogP contribution in [0.2, 0.25) is 0 Å². The van der Waals surface area contributed by atoms with E-state index in [1.807, 2.05) is 0 Å². The molecule has 0 aromatic heterocycles. The Labute approximate surface area is 74.0 Å². The van der Waals surface area contributed by atoms with Crippen molar-refractivity contribution in [3.8, 4) is 0 Å². The molecule has 0 aromatic rings. The van der Waals surface area contributed by atoms with Gasteiger partial charge in [-0.2, -0.15) is 0 Å². The molecule has 0 saturated carbocycles. The second kappa shape index (κ2) is 6.00. The predicted octanol–water partition coefficient (Wildman–Crippen LogP) is 1.96. The monoisotopic (exact) mass is 174 g/mol. The van der Waals surface area contributed by atoms with Crippen LogP contribution in [0.5, 0.6) is 0 Å². The molecule has 0 amide bonds. The summed E-state index contributed by atoms with van der Waals surface area (Å²) >= 11 is 0. The van der Waals surface area contributed by atoms with Crippen molar-refractivity contribution in [2.75, 3.05) is 6.61 Å². The van der Waals surface area contributed by atoms with Crippen molar-refractivity contribution >= 4 is 5.97 Å². The molecule has 3 nitrogen and oxygen atoms in total. The molecule has 0 aliphatic rings. The van der Waals surface area contributed by atoms with E-state index in [1.54, 1.807) is 6.92 Å². The maximum absolute atomic E-state index is 10.5. The number of ether oxygens (including phenoxy) is 2. The molecule has 3 heteroatoms. The van der Waals surface area contributed by atoms with Crippen molar-refractivity contribution in [2.45, 2.75) is 40.4 Å². The van der Waals surface area contributed by atoms with E-state index < -0.39 is 6.29 Å². The number of hydrogen-bond donors (Lipinski definition) is 0. The van der Waals surface area contributed by atoms with E-state index in [4.69, 9.17) is 9.47 Å². The fraction of sp³-hybridized carbons (Fsp3) is 0.889. The third-order valence-corrected chi connectivity index (χ3v) is 1.64. The van der Waals surface area contributed by atoms with Gasteiger partial charge in [0.2, 0.25) is 0 Å². The second-order valence-corrected chi connectivity index (χ2v) is 3.02. The van der Waals surface area contributed by atoms with Crippen LogP contribution in [0.15, 0.2) is 0 Å². The summed E-state index contributed by atoms with van der Waals surface area (Å²) in [5.41, 5.74) is 0. The van der Waals surface area contributed by atoms with Crippen LogP contribution >= 0.6 is 0 Å². The van der Waals surface area contributed by atoms with Crippen LogP contribution in [-0.4, -0.2) is 18.9 Å². The van der Waals surface area contributed by atoms with E-state index in [9.17, 15) is 4.79 Å². The second-order valence-electron chi connectivity index (χ2n) is 3.02. The van der Waals surface area contributed by atoms with Gasteiger partial charge in [0.25, 0.3) is 0 Å². The average molecular weight is 174 g/mol. The quantitative estimate of drug-likeness (QED) is 0.472. The molecule has 0 radical (unpaired) electrons. The lowest BCUT2D eigenvalue weighted by atomic mass is 10.1. The van der Waals surface area contributed by atoms with Crippen LogP contribution < -0.4 is 0 Å². The molecule has 0 aliphatic heterocycles. The van der Waals surface area contributed by atoms with E-state index >= 15 is 0 Å². The Hall–Kier alpha value is -0.570. The van der Waals surface area contributed by atoms with E-state index in [1.165, 1.54) is 6.92 Å². The molecule has 0 heterocycles. The maximum atomic E-state index is 10.5. The molecule has 0 bridgehead atoms. The van der Waals surface area contributed by atoms with Crippen LogP contribution in [0, 0.1) is 5.92 Å². The van der Waals surface area contributed by atoms with Crippen molar-refractivity contribution in [2.24, 2.45) is 5.92 Å². The zero-order chi connectivity index (χ0) is 9.56. The minimum Gasteiger partial charge on any atom is -0.436 e. The van der Waals surface area contributed by atoms with Crippen LogP contribution in [0.4, 0.5) is 0 Å². The van der Waals surface area contributed by atoms with Crippen LogP contribution in [0.3, 0.4) is 0 Å². The lowest BCUT2D eigenvalue weighted by Crippen LogP contribution is -2.19. The van der Waals surface area contributed by atoms with Gasteiger partial charge >= 0.3 is 5.97 Å². The maximum Gasteiger partial charge on any atom is 0.304 e. The largest absolute Gasteiger partial charge is 0.436 e. The van der Waals surface area contributed by atoms with Gasteiger partial charge in [-0.15, -0.1) is 0 Å². The van der Waals surface area contributed by atoms with Crippen molar-refractivity contribution in [3.05, 3.63) is 0 Å². The zero-order valence-electron chi connectivity index (χ0n) is 8.29. The highest BCUT2D eigenvalue weighted by Crippen LogP contribution is 2.03. The number of rotatable bonds is 5. The molecule has 12 heavy (non-hydrogen) atoms. The first-order chi connectivity index (χ1) is 5.56. The first kappa shape index (κ1) is 11.4. The van der Waals surface area contributed by atoms with Crippen LogP contribution in [0.25, 0.3) is 0 Å². The number of carbonyl (C=O) groups excluding carboxylic acids is 1. The molecule has 0 saturated heterocycles. The molecule has 0 aliphatic carbocycles. The highest BCUT2D eigenvalue weighted by atomic mass is 16.7. The fourth-order valence-corrected chi connectivity index (χ4v) is 0.685. The van der Waals surface area contributed by atoms with E-state index in [0.717, 1.165) is 6.42 Å². The Morgan fingerprint density at radius 3 is 2.42 bits per heavy atom. The van der Waals surface area contributed by atoms with Gasteiger partial charge in [0.1, 0.15) is 0 Å². The summed E-state index contributed by atoms with van der Waals surface area (Å²) in [7, 11) is 0. The summed E-state index contributed by atoms with van der Waals surface area (Å²) in [6.07, 6.45) is 0.656. The average Bonchev–Trinajstić information content (AvgIpc) is 1.99. The van der Waals surface area contributed by atoms with Gasteiger partial charge in [0, 0.05) is 6.92 Å². The van der Waals surface area contributed by atoms with Crippen molar-refractivity contribution in [3.63, 3.8) is 0 Å². The molecule has 0 spiro atoms. The molecule has 72 valence electrons. The van der Waals surface area contributed by atoms with Crippen molar-refractivity contribution < 1.29 is 14.3 Å². The van der Waals surface area contributed by atoms with Crippen molar-refractivity contribution in [1.29, 1.82) is 0 Å². The number of hydrogen-bond acceptors (Lipinski definition) is 3. The Morgan fingerprint density at radius 1 is 1.42 bits per heavy atom. The number of esters is 1. The molecular weight excluding hydrogens is 156 g/mol. The molecule has 2 atom stereocenters. The standard InChI is InChI=1S/C9H18O3/c1-5-7(2)6-11-9(4)12-8(3)10/h7,9H,5-6H2,1-4H3. The topological polar surface area (TPSA) is 35.5 Å². The van der Waals surface area contributed by atoms with Gasteiger partial charge in [-0.05, 0) is 12.8 Å². The van der Waals surface area contributed by atoms with E-state index in [-0.39, 0.29) is 5.97 Å². The lowest BCUT2D eigenvalue weighted by molar-refractivity contribution is -0.174. The predicted molar refractivity (Wildman–Crippen MR) is 46.6 cm³/mol. The number of carbonyl (C=O) groups is 1. The molecule has 0 N–H and O–H groups in total. The SMILES string of the molecule is CCC(C)COC(C)OC(C)=O. The van der Waals surface area contributed by atoms with Crippen LogP contribution in [0.1, 0.15) is 34.1 Å². The molecule has 0 aromatic carbocycles. The Kier molecular flexibility index (Phi) is 5.72. The Balaban J connectivity index is 3.43. The molecular formula is C9H18O3. The minimum atomic E-state index is -0.420. The highest BCUT2D eigenvalue weighted by molar-refractivity contribution is 5.65. The van der Waals surface area contributed by atoms with E-state index in [0.29, 0.717) is 12.5 Å². The minimum absolute atomic E-state index is 0.299. The molecule has 0 fully saturated rings. The Morgan fingerprint density at radius 2 is 2.00 bits per heavy atom. The third-order valence-electron chi connectivity index (χ3n) is 1.64. The Bertz CT molecular complexity index is 134. The summed E-state index contributed by atoms with van der Waals surface area (Å²) in [5.74, 6) is 0.217. The smallest absolute Gasteiger partial charge is 0.304 e. The highest BCUT2D eigenvalue weighted by Gasteiger charge is 2.06. The van der Waals surface area contributed by atoms with E-state index in [2.05, 4.69) is 13.8 Å². The lowest BCUT2D eigenvalue weighted by Gasteiger charge is -2.15.